The number of hydrogen-bond acceptors (Lipinski definition) is 3. The minimum absolute atomic E-state index is 0.0646. The highest BCUT2D eigenvalue weighted by molar-refractivity contribution is 7.89. The Morgan fingerprint density at radius 1 is 0.867 bits per heavy atom. The van der Waals surface area contributed by atoms with Crippen LogP contribution in [0.15, 0.2) is 71.6 Å². The van der Waals surface area contributed by atoms with Gasteiger partial charge >= 0.3 is 0 Å². The lowest BCUT2D eigenvalue weighted by molar-refractivity contribution is 0.0927. The van der Waals surface area contributed by atoms with Gasteiger partial charge in [-0.1, -0.05) is 61.7 Å². The number of hydrogen-bond donors (Lipinski definition) is 2. The lowest BCUT2D eigenvalue weighted by Gasteiger charge is -2.22. The SMILES string of the molecule is O=C(NC1CCCCC1)c1ccc(CNS(=O)(=O)c2ccc3ccccc3c2)cc1. The van der Waals surface area contributed by atoms with Gasteiger partial charge in [0.2, 0.25) is 10.0 Å². The van der Waals surface area contributed by atoms with Gasteiger partial charge in [0.15, 0.2) is 0 Å². The zero-order chi connectivity index (χ0) is 21.0. The molecule has 0 radical (unpaired) electrons. The Hall–Kier alpha value is -2.70. The van der Waals surface area contributed by atoms with Crippen LogP contribution in [0.5, 0.6) is 0 Å². The molecule has 3 aromatic carbocycles. The fraction of sp³-hybridized carbons (Fsp3) is 0.292. The van der Waals surface area contributed by atoms with E-state index >= 15 is 0 Å². The van der Waals surface area contributed by atoms with Gasteiger partial charge in [-0.05, 0) is 53.4 Å². The van der Waals surface area contributed by atoms with Gasteiger partial charge in [-0.2, -0.15) is 0 Å². The molecule has 0 atom stereocenters. The van der Waals surface area contributed by atoms with Crippen LogP contribution in [0.25, 0.3) is 10.8 Å². The predicted molar refractivity (Wildman–Crippen MR) is 119 cm³/mol. The number of amides is 1. The second-order valence-electron chi connectivity index (χ2n) is 7.84. The van der Waals surface area contributed by atoms with E-state index in [0.717, 1.165) is 29.2 Å². The minimum Gasteiger partial charge on any atom is -0.349 e. The normalized spacial score (nSPS) is 15.2. The van der Waals surface area contributed by atoms with Crippen molar-refractivity contribution in [2.45, 2.75) is 49.6 Å². The van der Waals surface area contributed by atoms with Crippen LogP contribution >= 0.6 is 0 Å². The summed E-state index contributed by atoms with van der Waals surface area (Å²) >= 11 is 0. The molecule has 1 fully saturated rings. The highest BCUT2D eigenvalue weighted by atomic mass is 32.2. The summed E-state index contributed by atoms with van der Waals surface area (Å²) < 4.78 is 28.0. The third-order valence-corrected chi connectivity index (χ3v) is 7.05. The zero-order valence-electron chi connectivity index (χ0n) is 16.8. The van der Waals surface area contributed by atoms with E-state index in [2.05, 4.69) is 10.0 Å². The smallest absolute Gasteiger partial charge is 0.251 e. The zero-order valence-corrected chi connectivity index (χ0v) is 17.6. The van der Waals surface area contributed by atoms with Crippen molar-refractivity contribution in [3.8, 4) is 0 Å². The number of sulfonamides is 1. The molecule has 0 unspecified atom stereocenters. The third kappa shape index (κ3) is 4.89. The molecule has 0 aliphatic heterocycles. The maximum Gasteiger partial charge on any atom is 0.251 e. The molecule has 1 aliphatic rings. The third-order valence-electron chi connectivity index (χ3n) is 5.65. The summed E-state index contributed by atoms with van der Waals surface area (Å²) in [5.41, 5.74) is 1.40. The molecule has 1 aliphatic carbocycles. The van der Waals surface area contributed by atoms with Gasteiger partial charge in [-0.25, -0.2) is 13.1 Å². The van der Waals surface area contributed by atoms with Crippen LogP contribution in [-0.4, -0.2) is 20.4 Å². The Kier molecular flexibility index (Phi) is 6.16. The van der Waals surface area contributed by atoms with Crippen LogP contribution < -0.4 is 10.0 Å². The lowest BCUT2D eigenvalue weighted by Crippen LogP contribution is -2.36. The second-order valence-corrected chi connectivity index (χ2v) is 9.61. The number of benzene rings is 3. The van der Waals surface area contributed by atoms with Crippen molar-refractivity contribution in [3.05, 3.63) is 77.9 Å². The predicted octanol–water partition coefficient (Wildman–Crippen LogP) is 4.38. The van der Waals surface area contributed by atoms with E-state index in [9.17, 15) is 13.2 Å². The molecule has 0 heterocycles. The van der Waals surface area contributed by atoms with Crippen molar-refractivity contribution in [2.24, 2.45) is 0 Å². The highest BCUT2D eigenvalue weighted by Gasteiger charge is 2.17. The molecule has 4 rings (SSSR count). The van der Waals surface area contributed by atoms with E-state index in [1.54, 1.807) is 36.4 Å². The fourth-order valence-corrected chi connectivity index (χ4v) is 4.94. The summed E-state index contributed by atoms with van der Waals surface area (Å²) in [5, 5.41) is 4.98. The first-order chi connectivity index (χ1) is 14.5. The monoisotopic (exact) mass is 422 g/mol. The van der Waals surface area contributed by atoms with Crippen LogP contribution in [0.4, 0.5) is 0 Å². The van der Waals surface area contributed by atoms with Gasteiger partial charge in [0.05, 0.1) is 4.90 Å². The van der Waals surface area contributed by atoms with Crippen LogP contribution in [0.1, 0.15) is 48.0 Å². The van der Waals surface area contributed by atoms with Crippen molar-refractivity contribution in [1.29, 1.82) is 0 Å². The van der Waals surface area contributed by atoms with E-state index in [1.165, 1.54) is 19.3 Å². The van der Waals surface area contributed by atoms with Gasteiger partial charge in [0.25, 0.3) is 5.91 Å². The summed E-state index contributed by atoms with van der Waals surface area (Å²) in [6, 6.07) is 20.1. The summed E-state index contributed by atoms with van der Waals surface area (Å²) in [5.74, 6) is -0.0646. The molecule has 1 saturated carbocycles. The molecular formula is C24H26N2O3S. The van der Waals surface area contributed by atoms with Crippen molar-refractivity contribution >= 4 is 26.7 Å². The molecule has 0 saturated heterocycles. The van der Waals surface area contributed by atoms with Gasteiger partial charge in [-0.15, -0.1) is 0 Å². The molecule has 0 spiro atoms. The van der Waals surface area contributed by atoms with E-state index < -0.39 is 10.0 Å². The average Bonchev–Trinajstić information content (AvgIpc) is 2.78. The largest absolute Gasteiger partial charge is 0.349 e. The molecule has 156 valence electrons. The maximum absolute atomic E-state index is 12.7. The van der Waals surface area contributed by atoms with E-state index in [1.807, 2.05) is 30.3 Å². The number of carbonyl (C=O) groups excluding carboxylic acids is 1. The van der Waals surface area contributed by atoms with Crippen LogP contribution in [0.2, 0.25) is 0 Å². The number of fused-ring (bicyclic) bond motifs is 1. The number of carbonyl (C=O) groups is 1. The fourth-order valence-electron chi connectivity index (χ4n) is 3.89. The molecule has 1 amide bonds. The highest BCUT2D eigenvalue weighted by Crippen LogP contribution is 2.20. The maximum atomic E-state index is 12.7. The first kappa shape index (κ1) is 20.6. The van der Waals surface area contributed by atoms with Gasteiger partial charge < -0.3 is 5.32 Å². The molecule has 2 N–H and O–H groups in total. The lowest BCUT2D eigenvalue weighted by atomic mass is 9.95. The van der Waals surface area contributed by atoms with Crippen molar-refractivity contribution < 1.29 is 13.2 Å². The molecule has 30 heavy (non-hydrogen) atoms. The van der Waals surface area contributed by atoms with Crippen molar-refractivity contribution in [3.63, 3.8) is 0 Å². The first-order valence-corrected chi connectivity index (χ1v) is 11.9. The summed E-state index contributed by atoms with van der Waals surface area (Å²) in [6.07, 6.45) is 5.67. The van der Waals surface area contributed by atoms with Gasteiger partial charge in [0.1, 0.15) is 0 Å². The molecule has 5 nitrogen and oxygen atoms in total. The Labute approximate surface area is 177 Å². The summed E-state index contributed by atoms with van der Waals surface area (Å²) in [7, 11) is -3.62. The molecular weight excluding hydrogens is 396 g/mol. The summed E-state index contributed by atoms with van der Waals surface area (Å²) in [6.45, 7) is 0.166. The molecule has 0 bridgehead atoms. The van der Waals surface area contributed by atoms with Crippen molar-refractivity contribution in [1.82, 2.24) is 10.0 Å². The van der Waals surface area contributed by atoms with E-state index in [0.29, 0.717) is 5.56 Å². The van der Waals surface area contributed by atoms with Crippen molar-refractivity contribution in [2.75, 3.05) is 0 Å². The molecule has 6 heteroatoms. The standard InChI is InChI=1S/C24H26N2O3S/c27-24(26-22-8-2-1-3-9-22)20-12-10-18(11-13-20)17-25-30(28,29)23-15-14-19-6-4-5-7-21(19)16-23/h4-7,10-16,22,25H,1-3,8-9,17H2,(H,26,27). The Morgan fingerprint density at radius 3 is 2.30 bits per heavy atom. The first-order valence-electron chi connectivity index (χ1n) is 10.4. The Morgan fingerprint density at radius 2 is 1.57 bits per heavy atom. The Balaban J connectivity index is 1.38. The quantitative estimate of drug-likeness (QED) is 0.619. The topological polar surface area (TPSA) is 75.3 Å². The number of rotatable bonds is 6. The summed E-state index contributed by atoms with van der Waals surface area (Å²) in [4.78, 5) is 12.7. The van der Waals surface area contributed by atoms with Crippen LogP contribution in [0, 0.1) is 0 Å². The second kappa shape index (κ2) is 8.98. The van der Waals surface area contributed by atoms with E-state index in [-0.39, 0.29) is 23.4 Å². The average molecular weight is 423 g/mol. The van der Waals surface area contributed by atoms with Gasteiger partial charge in [-0.3, -0.25) is 4.79 Å². The van der Waals surface area contributed by atoms with Crippen LogP contribution in [0.3, 0.4) is 0 Å². The van der Waals surface area contributed by atoms with Crippen LogP contribution in [-0.2, 0) is 16.6 Å². The molecule has 0 aromatic heterocycles. The molecule has 3 aromatic rings. The minimum atomic E-state index is -3.62. The number of nitrogens with one attached hydrogen (secondary N) is 2. The van der Waals surface area contributed by atoms with Gasteiger partial charge in [0, 0.05) is 18.2 Å². The Bertz CT molecular complexity index is 1130. The van der Waals surface area contributed by atoms with E-state index in [4.69, 9.17) is 0 Å².